The number of esters is 1. The zero-order valence-electron chi connectivity index (χ0n) is 14.2. The predicted octanol–water partition coefficient (Wildman–Crippen LogP) is 4.52. The topological polar surface area (TPSA) is 44.8 Å². The molecule has 0 bridgehead atoms. The lowest BCUT2D eigenvalue weighted by atomic mass is 10.1. The van der Waals surface area contributed by atoms with Crippen LogP contribution in [0.1, 0.15) is 27.0 Å². The van der Waals surface area contributed by atoms with Gasteiger partial charge >= 0.3 is 5.97 Å². The molecule has 4 rings (SSSR count). The minimum Gasteiger partial charge on any atom is -0.489 e. The summed E-state index contributed by atoms with van der Waals surface area (Å²) in [5.74, 6) is 0.809. The highest BCUT2D eigenvalue weighted by Gasteiger charge is 2.27. The number of ether oxygens (including phenoxy) is 3. The van der Waals surface area contributed by atoms with E-state index in [9.17, 15) is 4.79 Å². The van der Waals surface area contributed by atoms with E-state index in [-0.39, 0.29) is 12.6 Å². The first-order chi connectivity index (χ1) is 12.8. The van der Waals surface area contributed by atoms with E-state index in [2.05, 4.69) is 0 Å². The Balaban J connectivity index is 1.55. The van der Waals surface area contributed by atoms with Crippen LogP contribution in [0.25, 0.3) is 0 Å². The Kier molecular flexibility index (Phi) is 4.56. The molecule has 26 heavy (non-hydrogen) atoms. The zero-order chi connectivity index (χ0) is 17.8. The SMILES string of the molecule is O=C1OCc2cc(OCc3ccccc3)cc(OCc3ccccc3)c21. The molecule has 0 spiro atoms. The van der Waals surface area contributed by atoms with E-state index in [0.29, 0.717) is 30.3 Å². The van der Waals surface area contributed by atoms with Crippen LogP contribution in [0.4, 0.5) is 0 Å². The first-order valence-electron chi connectivity index (χ1n) is 8.47. The van der Waals surface area contributed by atoms with Crippen molar-refractivity contribution in [1.82, 2.24) is 0 Å². The third kappa shape index (κ3) is 3.54. The molecule has 0 saturated heterocycles. The van der Waals surface area contributed by atoms with Crippen molar-refractivity contribution >= 4 is 5.97 Å². The summed E-state index contributed by atoms with van der Waals surface area (Å²) in [5, 5.41) is 0. The summed E-state index contributed by atoms with van der Waals surface area (Å²) in [6, 6.07) is 23.4. The molecular formula is C22H18O4. The van der Waals surface area contributed by atoms with Gasteiger partial charge in [-0.2, -0.15) is 0 Å². The Morgan fingerprint density at radius 1 is 0.808 bits per heavy atom. The standard InChI is InChI=1S/C22H18O4/c23-22-21-18(15-26-22)11-19(24-13-16-7-3-1-4-8-16)12-20(21)25-14-17-9-5-2-6-10-17/h1-12H,13-15H2. The first kappa shape index (κ1) is 16.2. The van der Waals surface area contributed by atoms with Crippen LogP contribution >= 0.6 is 0 Å². The van der Waals surface area contributed by atoms with Crippen LogP contribution in [-0.2, 0) is 24.6 Å². The maximum Gasteiger partial charge on any atom is 0.342 e. The number of cyclic esters (lactones) is 1. The van der Waals surface area contributed by atoms with Crippen LogP contribution in [0, 0.1) is 0 Å². The van der Waals surface area contributed by atoms with Crippen LogP contribution in [0.5, 0.6) is 11.5 Å². The van der Waals surface area contributed by atoms with Crippen molar-refractivity contribution in [1.29, 1.82) is 0 Å². The van der Waals surface area contributed by atoms with Crippen molar-refractivity contribution < 1.29 is 19.0 Å². The highest BCUT2D eigenvalue weighted by Crippen LogP contribution is 2.34. The van der Waals surface area contributed by atoms with Crippen molar-refractivity contribution in [2.45, 2.75) is 19.8 Å². The summed E-state index contributed by atoms with van der Waals surface area (Å²) >= 11 is 0. The second kappa shape index (κ2) is 7.31. The minimum atomic E-state index is -0.349. The van der Waals surface area contributed by atoms with Gasteiger partial charge in [-0.15, -0.1) is 0 Å². The molecule has 0 radical (unpaired) electrons. The fraction of sp³-hybridized carbons (Fsp3) is 0.136. The Bertz CT molecular complexity index is 904. The number of carbonyl (C=O) groups is 1. The van der Waals surface area contributed by atoms with Crippen molar-refractivity contribution in [3.63, 3.8) is 0 Å². The lowest BCUT2D eigenvalue weighted by Crippen LogP contribution is -2.03. The molecule has 0 saturated carbocycles. The second-order valence-corrected chi connectivity index (χ2v) is 6.08. The normalized spacial score (nSPS) is 12.4. The zero-order valence-corrected chi connectivity index (χ0v) is 14.2. The van der Waals surface area contributed by atoms with Gasteiger partial charge < -0.3 is 14.2 Å². The van der Waals surface area contributed by atoms with E-state index in [1.54, 1.807) is 6.07 Å². The van der Waals surface area contributed by atoms with Gasteiger partial charge in [-0.05, 0) is 17.2 Å². The van der Waals surface area contributed by atoms with E-state index < -0.39 is 0 Å². The van der Waals surface area contributed by atoms with Crippen LogP contribution in [0.3, 0.4) is 0 Å². The van der Waals surface area contributed by atoms with Crippen molar-refractivity contribution in [3.05, 3.63) is 95.1 Å². The van der Waals surface area contributed by atoms with Gasteiger partial charge in [0.1, 0.15) is 36.9 Å². The molecule has 4 nitrogen and oxygen atoms in total. The van der Waals surface area contributed by atoms with E-state index in [1.165, 1.54) is 0 Å². The summed E-state index contributed by atoms with van der Waals surface area (Å²) in [5.41, 5.74) is 3.40. The quantitative estimate of drug-likeness (QED) is 0.616. The molecule has 1 aliphatic rings. The van der Waals surface area contributed by atoms with Gasteiger partial charge in [-0.1, -0.05) is 60.7 Å². The maximum atomic E-state index is 12.0. The van der Waals surface area contributed by atoms with Crippen LogP contribution in [0.15, 0.2) is 72.8 Å². The highest BCUT2D eigenvalue weighted by molar-refractivity contribution is 5.96. The van der Waals surface area contributed by atoms with Crippen molar-refractivity contribution in [2.24, 2.45) is 0 Å². The maximum absolute atomic E-state index is 12.0. The molecule has 1 aliphatic heterocycles. The Labute approximate surface area is 152 Å². The molecule has 4 heteroatoms. The van der Waals surface area contributed by atoms with Crippen LogP contribution in [-0.4, -0.2) is 5.97 Å². The van der Waals surface area contributed by atoms with E-state index in [4.69, 9.17) is 14.2 Å². The van der Waals surface area contributed by atoms with Crippen LogP contribution < -0.4 is 9.47 Å². The molecule has 3 aromatic carbocycles. The monoisotopic (exact) mass is 346 g/mol. The molecule has 130 valence electrons. The molecule has 0 N–H and O–H groups in total. The molecule has 0 unspecified atom stereocenters. The fourth-order valence-electron chi connectivity index (χ4n) is 2.88. The van der Waals surface area contributed by atoms with Crippen LogP contribution in [0.2, 0.25) is 0 Å². The van der Waals surface area contributed by atoms with Crippen molar-refractivity contribution in [3.8, 4) is 11.5 Å². The minimum absolute atomic E-state index is 0.248. The first-order valence-corrected chi connectivity index (χ1v) is 8.47. The van der Waals surface area contributed by atoms with E-state index in [1.807, 2.05) is 66.7 Å². The molecule has 0 amide bonds. The van der Waals surface area contributed by atoms with Gasteiger partial charge in [-0.3, -0.25) is 0 Å². The second-order valence-electron chi connectivity index (χ2n) is 6.08. The van der Waals surface area contributed by atoms with E-state index >= 15 is 0 Å². The Morgan fingerprint density at radius 3 is 2.08 bits per heavy atom. The largest absolute Gasteiger partial charge is 0.489 e. The number of hydrogen-bond acceptors (Lipinski definition) is 4. The number of fused-ring (bicyclic) bond motifs is 1. The van der Waals surface area contributed by atoms with Gasteiger partial charge in [0.25, 0.3) is 0 Å². The lowest BCUT2D eigenvalue weighted by molar-refractivity contribution is 0.0532. The summed E-state index contributed by atoms with van der Waals surface area (Å²) in [7, 11) is 0. The number of rotatable bonds is 6. The molecule has 0 aromatic heterocycles. The van der Waals surface area contributed by atoms with Gasteiger partial charge in [0.05, 0.1) is 0 Å². The summed E-state index contributed by atoms with van der Waals surface area (Å²) in [4.78, 5) is 12.0. The summed E-state index contributed by atoms with van der Waals surface area (Å²) in [6.45, 7) is 1.08. The van der Waals surface area contributed by atoms with Gasteiger partial charge in [-0.25, -0.2) is 4.79 Å². The molecular weight excluding hydrogens is 328 g/mol. The smallest absolute Gasteiger partial charge is 0.342 e. The van der Waals surface area contributed by atoms with E-state index in [0.717, 1.165) is 16.7 Å². The molecule has 0 aliphatic carbocycles. The highest BCUT2D eigenvalue weighted by atomic mass is 16.5. The Hall–Kier alpha value is -3.27. The number of benzene rings is 3. The molecule has 3 aromatic rings. The fourth-order valence-corrected chi connectivity index (χ4v) is 2.88. The van der Waals surface area contributed by atoms with Gasteiger partial charge in [0.15, 0.2) is 0 Å². The third-order valence-corrected chi connectivity index (χ3v) is 4.21. The Morgan fingerprint density at radius 2 is 1.42 bits per heavy atom. The van der Waals surface area contributed by atoms with Gasteiger partial charge in [0.2, 0.25) is 0 Å². The third-order valence-electron chi connectivity index (χ3n) is 4.21. The lowest BCUT2D eigenvalue weighted by Gasteiger charge is -2.12. The van der Waals surface area contributed by atoms with Crippen molar-refractivity contribution in [2.75, 3.05) is 0 Å². The predicted molar refractivity (Wildman–Crippen MR) is 97.1 cm³/mol. The average molecular weight is 346 g/mol. The molecule has 1 heterocycles. The molecule has 0 fully saturated rings. The average Bonchev–Trinajstić information content (AvgIpc) is 3.07. The number of carbonyl (C=O) groups excluding carboxylic acids is 1. The van der Waals surface area contributed by atoms with Gasteiger partial charge in [0, 0.05) is 11.6 Å². The molecule has 0 atom stereocenters. The summed E-state index contributed by atoms with van der Waals surface area (Å²) in [6.07, 6.45) is 0. The summed E-state index contributed by atoms with van der Waals surface area (Å²) < 4.78 is 17.0. The number of hydrogen-bond donors (Lipinski definition) is 0.